The summed E-state index contributed by atoms with van der Waals surface area (Å²) in [6, 6.07) is 9.91. The molecule has 0 radical (unpaired) electrons. The fourth-order valence-electron chi connectivity index (χ4n) is 4.08. The van der Waals surface area contributed by atoms with Crippen molar-refractivity contribution in [3.63, 3.8) is 0 Å². The first-order chi connectivity index (χ1) is 15.3. The Bertz CT molecular complexity index is 1230. The van der Waals surface area contributed by atoms with Crippen LogP contribution in [-0.4, -0.2) is 43.8 Å². The van der Waals surface area contributed by atoms with Gasteiger partial charge in [-0.1, -0.05) is 36.7 Å². The third kappa shape index (κ3) is 4.37. The van der Waals surface area contributed by atoms with Crippen molar-refractivity contribution >= 4 is 42.6 Å². The van der Waals surface area contributed by atoms with Crippen LogP contribution in [0.25, 0.3) is 10.2 Å². The smallest absolute Gasteiger partial charge is 0.257 e. The lowest BCUT2D eigenvalue weighted by molar-refractivity contribution is 0.102. The van der Waals surface area contributed by atoms with E-state index in [9.17, 15) is 13.2 Å². The zero-order valence-electron chi connectivity index (χ0n) is 18.4. The molecule has 1 N–H and O–H groups in total. The summed E-state index contributed by atoms with van der Waals surface area (Å²) >= 11 is 1.38. The molecule has 7 nitrogen and oxygen atoms in total. The number of benzene rings is 2. The summed E-state index contributed by atoms with van der Waals surface area (Å²) in [4.78, 5) is 17.4. The van der Waals surface area contributed by atoms with E-state index < -0.39 is 10.0 Å². The van der Waals surface area contributed by atoms with Gasteiger partial charge in [-0.25, -0.2) is 13.4 Å². The quantitative estimate of drug-likeness (QED) is 0.555. The molecule has 0 bridgehead atoms. The van der Waals surface area contributed by atoms with Crippen LogP contribution < -0.4 is 10.1 Å². The Hall–Kier alpha value is -2.49. The zero-order valence-corrected chi connectivity index (χ0v) is 20.1. The maximum atomic E-state index is 13.0. The Morgan fingerprint density at radius 2 is 1.81 bits per heavy atom. The Balaban J connectivity index is 1.51. The minimum Gasteiger partial charge on any atom is -0.494 e. The van der Waals surface area contributed by atoms with Crippen LogP contribution in [0.1, 0.15) is 48.0 Å². The highest BCUT2D eigenvalue weighted by Gasteiger charge is 2.29. The van der Waals surface area contributed by atoms with Crippen LogP contribution in [0.3, 0.4) is 0 Å². The molecule has 0 unspecified atom stereocenters. The number of rotatable bonds is 6. The number of nitrogens with one attached hydrogen (secondary N) is 1. The van der Waals surface area contributed by atoms with Gasteiger partial charge in [-0.3, -0.25) is 10.1 Å². The minimum atomic E-state index is -3.59. The highest BCUT2D eigenvalue weighted by molar-refractivity contribution is 7.89. The van der Waals surface area contributed by atoms with Crippen molar-refractivity contribution in [1.29, 1.82) is 0 Å². The van der Waals surface area contributed by atoms with Crippen molar-refractivity contribution in [2.45, 2.75) is 50.0 Å². The summed E-state index contributed by atoms with van der Waals surface area (Å²) < 4.78 is 33.8. The van der Waals surface area contributed by atoms with Crippen LogP contribution in [0.2, 0.25) is 0 Å². The van der Waals surface area contributed by atoms with Gasteiger partial charge in [0.1, 0.15) is 11.3 Å². The third-order valence-corrected chi connectivity index (χ3v) is 9.06. The SMILES string of the molecule is COc1ccc(C)c2sc(NC(=O)c3ccc(S(=O)(=O)N(C)C4CCCCC4)cc3)nc12. The van der Waals surface area contributed by atoms with Crippen LogP contribution in [0, 0.1) is 6.92 Å². The number of methoxy groups -OCH3 is 1. The molecule has 32 heavy (non-hydrogen) atoms. The number of aryl methyl sites for hydroxylation is 1. The van der Waals surface area contributed by atoms with Crippen LogP contribution >= 0.6 is 11.3 Å². The number of hydrogen-bond acceptors (Lipinski definition) is 6. The number of sulfonamides is 1. The number of carbonyl (C=O) groups is 1. The summed E-state index contributed by atoms with van der Waals surface area (Å²) in [6.07, 6.45) is 5.06. The highest BCUT2D eigenvalue weighted by Crippen LogP contribution is 2.35. The first-order valence-corrected chi connectivity index (χ1v) is 12.9. The number of aromatic nitrogens is 1. The van der Waals surface area contributed by atoms with Gasteiger partial charge < -0.3 is 4.74 Å². The van der Waals surface area contributed by atoms with Crippen LogP contribution in [0.15, 0.2) is 41.3 Å². The third-order valence-electron chi connectivity index (χ3n) is 6.03. The van der Waals surface area contributed by atoms with E-state index in [1.54, 1.807) is 14.2 Å². The lowest BCUT2D eigenvalue weighted by Crippen LogP contribution is -2.38. The average molecular weight is 474 g/mol. The lowest BCUT2D eigenvalue weighted by atomic mass is 9.96. The number of thiazole rings is 1. The molecule has 1 amide bonds. The molecule has 0 atom stereocenters. The highest BCUT2D eigenvalue weighted by atomic mass is 32.2. The Kier molecular flexibility index (Phi) is 6.50. The van der Waals surface area contributed by atoms with Gasteiger partial charge in [-0.2, -0.15) is 4.31 Å². The predicted molar refractivity (Wildman–Crippen MR) is 127 cm³/mol. The predicted octanol–water partition coefficient (Wildman–Crippen LogP) is 4.82. The molecule has 1 fully saturated rings. The second-order valence-corrected chi connectivity index (χ2v) is 11.1. The molecule has 170 valence electrons. The Morgan fingerprint density at radius 3 is 2.47 bits per heavy atom. The maximum absolute atomic E-state index is 13.0. The molecule has 0 saturated heterocycles. The largest absolute Gasteiger partial charge is 0.494 e. The second kappa shape index (κ2) is 9.17. The number of hydrogen-bond donors (Lipinski definition) is 1. The maximum Gasteiger partial charge on any atom is 0.257 e. The van der Waals surface area contributed by atoms with Crippen LogP contribution in [0.4, 0.5) is 5.13 Å². The molecular formula is C23H27N3O4S2. The van der Waals surface area contributed by atoms with E-state index in [1.165, 1.54) is 39.9 Å². The monoisotopic (exact) mass is 473 g/mol. The molecule has 1 aromatic heterocycles. The number of nitrogens with zero attached hydrogens (tertiary/aromatic N) is 2. The van der Waals surface area contributed by atoms with E-state index in [0.717, 1.165) is 42.4 Å². The first kappa shape index (κ1) is 22.7. The summed E-state index contributed by atoms with van der Waals surface area (Å²) in [7, 11) is -0.358. The number of carbonyl (C=O) groups excluding carboxylic acids is 1. The van der Waals surface area contributed by atoms with Crippen molar-refractivity contribution < 1.29 is 17.9 Å². The van der Waals surface area contributed by atoms with Crippen molar-refractivity contribution in [2.24, 2.45) is 0 Å². The van der Waals surface area contributed by atoms with Crippen LogP contribution in [0.5, 0.6) is 5.75 Å². The average Bonchev–Trinajstić information content (AvgIpc) is 3.24. The number of anilines is 1. The lowest BCUT2D eigenvalue weighted by Gasteiger charge is -2.30. The molecular weight excluding hydrogens is 446 g/mol. The molecule has 9 heteroatoms. The van der Waals surface area contributed by atoms with Crippen molar-refractivity contribution in [3.05, 3.63) is 47.5 Å². The van der Waals surface area contributed by atoms with Gasteiger partial charge in [-0.15, -0.1) is 0 Å². The van der Waals surface area contributed by atoms with Gasteiger partial charge in [-0.05, 0) is 55.7 Å². The first-order valence-electron chi connectivity index (χ1n) is 10.6. The van der Waals surface area contributed by atoms with Crippen molar-refractivity contribution in [2.75, 3.05) is 19.5 Å². The fourth-order valence-corrected chi connectivity index (χ4v) is 6.44. The molecule has 1 aliphatic rings. The number of ether oxygens (including phenoxy) is 1. The molecule has 1 heterocycles. The zero-order chi connectivity index (χ0) is 22.9. The minimum absolute atomic E-state index is 0.0382. The summed E-state index contributed by atoms with van der Waals surface area (Å²) in [6.45, 7) is 1.98. The van der Waals surface area contributed by atoms with E-state index in [0.29, 0.717) is 22.0 Å². The van der Waals surface area contributed by atoms with E-state index in [4.69, 9.17) is 4.74 Å². The van der Waals surface area contributed by atoms with Gasteiger partial charge in [0, 0.05) is 18.7 Å². The second-order valence-electron chi connectivity index (χ2n) is 8.07. The summed E-state index contributed by atoms with van der Waals surface area (Å²) in [5.41, 5.74) is 2.13. The molecule has 4 rings (SSSR count). The van der Waals surface area contributed by atoms with Crippen molar-refractivity contribution in [3.8, 4) is 5.75 Å². The number of fused-ring (bicyclic) bond motifs is 1. The Labute approximate surface area is 192 Å². The fraction of sp³-hybridized carbons (Fsp3) is 0.391. The molecule has 2 aromatic carbocycles. The molecule has 0 aliphatic heterocycles. The van der Waals surface area contributed by atoms with Gasteiger partial charge >= 0.3 is 0 Å². The standard InChI is InChI=1S/C23H27N3O4S2/c1-15-9-14-19(30-3)20-21(15)31-23(24-20)25-22(27)16-10-12-18(13-11-16)32(28,29)26(2)17-7-5-4-6-8-17/h9-14,17H,4-8H2,1-3H3,(H,24,25,27). The van der Waals surface area contributed by atoms with Gasteiger partial charge in [0.15, 0.2) is 5.13 Å². The van der Waals surface area contributed by atoms with Crippen molar-refractivity contribution in [1.82, 2.24) is 9.29 Å². The topological polar surface area (TPSA) is 88.6 Å². The van der Waals surface area contributed by atoms with E-state index in [2.05, 4.69) is 10.3 Å². The molecule has 1 saturated carbocycles. The molecule has 3 aromatic rings. The van der Waals surface area contributed by atoms with E-state index in [1.807, 2.05) is 19.1 Å². The van der Waals surface area contributed by atoms with Crippen LogP contribution in [-0.2, 0) is 10.0 Å². The number of amides is 1. The molecule has 0 spiro atoms. The normalized spacial score (nSPS) is 15.2. The van der Waals surface area contributed by atoms with Gasteiger partial charge in [0.05, 0.1) is 16.7 Å². The van der Waals surface area contributed by atoms with E-state index in [-0.39, 0.29) is 16.8 Å². The Morgan fingerprint density at radius 1 is 1.12 bits per heavy atom. The molecule has 1 aliphatic carbocycles. The van der Waals surface area contributed by atoms with Gasteiger partial charge in [0.25, 0.3) is 5.91 Å². The van der Waals surface area contributed by atoms with Gasteiger partial charge in [0.2, 0.25) is 10.0 Å². The van der Waals surface area contributed by atoms with E-state index >= 15 is 0 Å². The summed E-state index contributed by atoms with van der Waals surface area (Å²) in [5.74, 6) is 0.309. The summed E-state index contributed by atoms with van der Waals surface area (Å²) in [5, 5.41) is 3.28.